The molecule has 1 aliphatic carbocycles. The standard InChI is InChI=1S/C16H23N3O/c1-3-18-12(2)15-8-7-14(11-16(15)20)19(10-4-9-17)13-5-6-13/h7-8,11-13,18,20H,3-6,10H2,1-2H3. The summed E-state index contributed by atoms with van der Waals surface area (Å²) < 4.78 is 0. The molecule has 1 aromatic carbocycles. The second-order valence-corrected chi connectivity index (χ2v) is 5.36. The molecule has 1 unspecified atom stereocenters. The molecule has 0 bridgehead atoms. The first-order valence-electron chi connectivity index (χ1n) is 7.37. The lowest BCUT2D eigenvalue weighted by molar-refractivity contribution is 0.454. The molecule has 4 nitrogen and oxygen atoms in total. The maximum Gasteiger partial charge on any atom is 0.122 e. The third-order valence-corrected chi connectivity index (χ3v) is 3.77. The Balaban J connectivity index is 2.16. The highest BCUT2D eigenvalue weighted by Gasteiger charge is 2.29. The first-order valence-corrected chi connectivity index (χ1v) is 7.37. The van der Waals surface area contributed by atoms with Gasteiger partial charge < -0.3 is 15.3 Å². The van der Waals surface area contributed by atoms with Gasteiger partial charge in [0, 0.05) is 35.9 Å². The molecule has 2 N–H and O–H groups in total. The molecule has 4 heteroatoms. The summed E-state index contributed by atoms with van der Waals surface area (Å²) in [5.74, 6) is 0.332. The van der Waals surface area contributed by atoms with Crippen LogP contribution in [0.5, 0.6) is 5.75 Å². The molecule has 0 saturated heterocycles. The fraction of sp³-hybridized carbons (Fsp3) is 0.562. The normalized spacial score (nSPS) is 15.7. The highest BCUT2D eigenvalue weighted by Crippen LogP contribution is 2.35. The number of benzene rings is 1. The van der Waals surface area contributed by atoms with E-state index in [2.05, 4.69) is 29.3 Å². The summed E-state index contributed by atoms with van der Waals surface area (Å²) in [4.78, 5) is 2.24. The van der Waals surface area contributed by atoms with Crippen LogP contribution in [0, 0.1) is 11.3 Å². The van der Waals surface area contributed by atoms with Gasteiger partial charge in [-0.2, -0.15) is 5.26 Å². The van der Waals surface area contributed by atoms with E-state index < -0.39 is 0 Å². The van der Waals surface area contributed by atoms with Crippen molar-refractivity contribution in [2.75, 3.05) is 18.0 Å². The van der Waals surface area contributed by atoms with Gasteiger partial charge in [0.1, 0.15) is 5.75 Å². The third kappa shape index (κ3) is 3.43. The van der Waals surface area contributed by atoms with E-state index in [1.54, 1.807) is 0 Å². The van der Waals surface area contributed by atoms with E-state index in [-0.39, 0.29) is 6.04 Å². The van der Waals surface area contributed by atoms with E-state index in [1.807, 2.05) is 19.1 Å². The van der Waals surface area contributed by atoms with E-state index in [9.17, 15) is 5.11 Å². The minimum atomic E-state index is 0.141. The van der Waals surface area contributed by atoms with E-state index >= 15 is 0 Å². The molecule has 20 heavy (non-hydrogen) atoms. The fourth-order valence-electron chi connectivity index (χ4n) is 2.57. The Morgan fingerprint density at radius 2 is 2.25 bits per heavy atom. The van der Waals surface area contributed by atoms with Gasteiger partial charge in [0.2, 0.25) is 0 Å². The van der Waals surface area contributed by atoms with Crippen molar-refractivity contribution in [2.24, 2.45) is 0 Å². The predicted molar refractivity (Wildman–Crippen MR) is 80.8 cm³/mol. The summed E-state index contributed by atoms with van der Waals surface area (Å²) in [6.07, 6.45) is 2.89. The Hall–Kier alpha value is -1.73. The van der Waals surface area contributed by atoms with Gasteiger partial charge in [0.05, 0.1) is 12.5 Å². The number of nitrogens with one attached hydrogen (secondary N) is 1. The van der Waals surface area contributed by atoms with Crippen molar-refractivity contribution < 1.29 is 5.11 Å². The Labute approximate surface area is 121 Å². The van der Waals surface area contributed by atoms with Crippen LogP contribution >= 0.6 is 0 Å². The average molecular weight is 273 g/mol. The molecule has 0 amide bonds. The number of phenols is 1. The molecule has 0 aromatic heterocycles. The molecular formula is C16H23N3O. The second-order valence-electron chi connectivity index (χ2n) is 5.36. The maximum atomic E-state index is 10.2. The van der Waals surface area contributed by atoms with E-state index in [0.29, 0.717) is 18.2 Å². The molecule has 1 atom stereocenters. The highest BCUT2D eigenvalue weighted by atomic mass is 16.3. The van der Waals surface area contributed by atoms with Crippen molar-refractivity contribution in [3.63, 3.8) is 0 Å². The summed E-state index contributed by atoms with van der Waals surface area (Å²) in [7, 11) is 0. The summed E-state index contributed by atoms with van der Waals surface area (Å²) in [5, 5.41) is 22.3. The molecule has 0 aliphatic heterocycles. The second kappa shape index (κ2) is 6.62. The molecule has 0 heterocycles. The van der Waals surface area contributed by atoms with Gasteiger partial charge in [-0.3, -0.25) is 0 Å². The Morgan fingerprint density at radius 3 is 2.80 bits per heavy atom. The first kappa shape index (κ1) is 14.7. The molecule has 108 valence electrons. The van der Waals surface area contributed by atoms with E-state index in [4.69, 9.17) is 5.26 Å². The van der Waals surface area contributed by atoms with Gasteiger partial charge in [-0.15, -0.1) is 0 Å². The van der Waals surface area contributed by atoms with E-state index in [0.717, 1.165) is 24.3 Å². The Bertz CT molecular complexity index is 491. The van der Waals surface area contributed by atoms with Crippen molar-refractivity contribution in [3.8, 4) is 11.8 Å². The molecule has 1 saturated carbocycles. The molecule has 2 rings (SSSR count). The van der Waals surface area contributed by atoms with Crippen LogP contribution in [0.15, 0.2) is 18.2 Å². The van der Waals surface area contributed by atoms with Crippen LogP contribution in [0.1, 0.15) is 44.7 Å². The molecule has 1 aliphatic rings. The highest BCUT2D eigenvalue weighted by molar-refractivity contribution is 5.55. The van der Waals surface area contributed by atoms with Crippen LogP contribution in [0.4, 0.5) is 5.69 Å². The molecule has 0 spiro atoms. The lowest BCUT2D eigenvalue weighted by Crippen LogP contribution is -2.26. The van der Waals surface area contributed by atoms with Crippen LogP contribution < -0.4 is 10.2 Å². The number of anilines is 1. The monoisotopic (exact) mass is 273 g/mol. The largest absolute Gasteiger partial charge is 0.508 e. The third-order valence-electron chi connectivity index (χ3n) is 3.77. The number of rotatable bonds is 7. The van der Waals surface area contributed by atoms with Crippen LogP contribution in [-0.2, 0) is 0 Å². The zero-order chi connectivity index (χ0) is 14.5. The molecule has 1 aromatic rings. The quantitative estimate of drug-likeness (QED) is 0.802. The fourth-order valence-corrected chi connectivity index (χ4v) is 2.57. The predicted octanol–water partition coefficient (Wildman–Crippen LogP) is 2.95. The number of aromatic hydroxyl groups is 1. The summed E-state index contributed by atoms with van der Waals surface area (Å²) in [6, 6.07) is 8.75. The minimum Gasteiger partial charge on any atom is -0.508 e. The minimum absolute atomic E-state index is 0.141. The van der Waals surface area contributed by atoms with E-state index in [1.165, 1.54) is 12.8 Å². The van der Waals surface area contributed by atoms with Crippen molar-refractivity contribution in [3.05, 3.63) is 23.8 Å². The number of phenolic OH excluding ortho intramolecular Hbond substituents is 1. The van der Waals surface area contributed by atoms with Crippen LogP contribution in [-0.4, -0.2) is 24.2 Å². The van der Waals surface area contributed by atoms with Crippen molar-refractivity contribution in [1.29, 1.82) is 5.26 Å². The lowest BCUT2D eigenvalue weighted by atomic mass is 10.1. The molecular weight excluding hydrogens is 250 g/mol. The first-order chi connectivity index (χ1) is 9.67. The molecule has 1 fully saturated rings. The number of nitriles is 1. The topological polar surface area (TPSA) is 59.3 Å². The van der Waals surface area contributed by atoms with Crippen molar-refractivity contribution in [1.82, 2.24) is 5.32 Å². The maximum absolute atomic E-state index is 10.2. The Kier molecular flexibility index (Phi) is 4.86. The van der Waals surface area contributed by atoms with Gasteiger partial charge in [0.15, 0.2) is 0 Å². The number of nitrogens with zero attached hydrogens (tertiary/aromatic N) is 2. The van der Waals surface area contributed by atoms with Crippen molar-refractivity contribution in [2.45, 2.75) is 45.2 Å². The summed E-state index contributed by atoms with van der Waals surface area (Å²) in [5.41, 5.74) is 1.94. The number of hydrogen-bond donors (Lipinski definition) is 2. The van der Waals surface area contributed by atoms with Gasteiger partial charge in [-0.1, -0.05) is 13.0 Å². The lowest BCUT2D eigenvalue weighted by Gasteiger charge is -2.25. The van der Waals surface area contributed by atoms with Crippen LogP contribution in [0.25, 0.3) is 0 Å². The smallest absolute Gasteiger partial charge is 0.122 e. The molecule has 0 radical (unpaired) electrons. The number of hydrogen-bond acceptors (Lipinski definition) is 4. The van der Waals surface area contributed by atoms with Crippen molar-refractivity contribution >= 4 is 5.69 Å². The van der Waals surface area contributed by atoms with Gasteiger partial charge in [-0.05, 0) is 32.4 Å². The van der Waals surface area contributed by atoms with Crippen LogP contribution in [0.2, 0.25) is 0 Å². The van der Waals surface area contributed by atoms with Gasteiger partial charge >= 0.3 is 0 Å². The van der Waals surface area contributed by atoms with Crippen LogP contribution in [0.3, 0.4) is 0 Å². The average Bonchev–Trinajstić information content (AvgIpc) is 3.24. The summed E-state index contributed by atoms with van der Waals surface area (Å²) >= 11 is 0. The van der Waals surface area contributed by atoms with Gasteiger partial charge in [-0.25, -0.2) is 0 Å². The Morgan fingerprint density at radius 1 is 1.50 bits per heavy atom. The zero-order valence-corrected chi connectivity index (χ0v) is 12.3. The SMILES string of the molecule is CCNC(C)c1ccc(N(CCC#N)C2CC2)cc1O. The van der Waals surface area contributed by atoms with Gasteiger partial charge in [0.25, 0.3) is 0 Å². The zero-order valence-electron chi connectivity index (χ0n) is 12.3. The summed E-state index contributed by atoms with van der Waals surface area (Å²) in [6.45, 7) is 5.71.